The summed E-state index contributed by atoms with van der Waals surface area (Å²) in [6.45, 7) is 10.9. The van der Waals surface area contributed by atoms with Gasteiger partial charge >= 0.3 is 0 Å². The number of sulfonamides is 1. The molecule has 1 aromatic heterocycles. The molecule has 9 heteroatoms. The van der Waals surface area contributed by atoms with Gasteiger partial charge in [0.1, 0.15) is 23.1 Å². The number of aryl methyl sites for hydroxylation is 2. The molecular formula is C23H32N4O4S. The van der Waals surface area contributed by atoms with Gasteiger partial charge in [-0.3, -0.25) is 4.90 Å². The molecule has 3 heterocycles. The van der Waals surface area contributed by atoms with Gasteiger partial charge < -0.3 is 14.4 Å². The van der Waals surface area contributed by atoms with Crippen molar-refractivity contribution in [3.05, 3.63) is 47.7 Å². The molecule has 2 saturated heterocycles. The third-order valence-electron chi connectivity index (χ3n) is 5.90. The van der Waals surface area contributed by atoms with Gasteiger partial charge in [0.05, 0.1) is 13.2 Å². The van der Waals surface area contributed by atoms with Crippen molar-refractivity contribution in [1.29, 1.82) is 0 Å². The third kappa shape index (κ3) is 5.58. The Bertz CT molecular complexity index is 979. The zero-order valence-electron chi connectivity index (χ0n) is 18.9. The minimum Gasteiger partial charge on any atom is -0.492 e. The molecule has 0 amide bonds. The molecule has 32 heavy (non-hydrogen) atoms. The van der Waals surface area contributed by atoms with E-state index in [9.17, 15) is 8.42 Å². The molecule has 0 spiro atoms. The van der Waals surface area contributed by atoms with E-state index in [-0.39, 0.29) is 4.90 Å². The Morgan fingerprint density at radius 2 is 1.66 bits per heavy atom. The topological polar surface area (TPSA) is 75.2 Å². The highest BCUT2D eigenvalue weighted by Crippen LogP contribution is 2.20. The zero-order chi connectivity index (χ0) is 22.6. The Hall–Kier alpha value is -2.20. The van der Waals surface area contributed by atoms with Crippen LogP contribution in [0.5, 0.6) is 5.75 Å². The van der Waals surface area contributed by atoms with Gasteiger partial charge in [-0.1, -0.05) is 6.07 Å². The highest BCUT2D eigenvalue weighted by Gasteiger charge is 2.27. The maximum atomic E-state index is 12.8. The normalized spacial score (nSPS) is 18.6. The highest BCUT2D eigenvalue weighted by molar-refractivity contribution is 7.89. The second-order valence-electron chi connectivity index (χ2n) is 8.37. The lowest BCUT2D eigenvalue weighted by Gasteiger charge is -2.35. The summed E-state index contributed by atoms with van der Waals surface area (Å²) >= 11 is 0. The molecule has 0 radical (unpaired) electrons. The van der Waals surface area contributed by atoms with E-state index in [0.717, 1.165) is 44.3 Å². The predicted octanol–water partition coefficient (Wildman–Crippen LogP) is 1.92. The maximum absolute atomic E-state index is 12.8. The minimum atomic E-state index is -3.51. The number of benzene rings is 1. The molecule has 0 N–H and O–H groups in total. The number of rotatable bonds is 7. The van der Waals surface area contributed by atoms with E-state index in [1.807, 2.05) is 6.07 Å². The fraction of sp³-hybridized carbons (Fsp3) is 0.522. The number of hydrogen-bond donors (Lipinski definition) is 0. The molecule has 1 aromatic carbocycles. The molecular weight excluding hydrogens is 428 g/mol. The summed E-state index contributed by atoms with van der Waals surface area (Å²) in [7, 11) is -3.51. The summed E-state index contributed by atoms with van der Waals surface area (Å²) in [5, 5.41) is 0. The molecule has 4 rings (SSSR count). The number of anilines is 1. The van der Waals surface area contributed by atoms with Crippen molar-refractivity contribution < 1.29 is 17.9 Å². The standard InChI is InChI=1S/C23H32N4O4S/c1-19-15-20(2)17-21(16-19)31-14-9-25-5-7-26(8-6-25)23-4-3-22(18-24-23)32(28,29)27-10-12-30-13-11-27/h3-4,15-18H,5-14H2,1-2H3. The minimum absolute atomic E-state index is 0.241. The van der Waals surface area contributed by atoms with E-state index in [4.69, 9.17) is 9.47 Å². The number of hydrogen-bond acceptors (Lipinski definition) is 7. The summed E-state index contributed by atoms with van der Waals surface area (Å²) in [6, 6.07) is 9.76. The molecule has 2 fully saturated rings. The second kappa shape index (κ2) is 10.2. The molecule has 174 valence electrons. The van der Waals surface area contributed by atoms with Gasteiger partial charge in [0.2, 0.25) is 10.0 Å². The summed E-state index contributed by atoms with van der Waals surface area (Å²) in [5.41, 5.74) is 2.43. The van der Waals surface area contributed by atoms with Gasteiger partial charge in [0.15, 0.2) is 0 Å². The number of pyridine rings is 1. The van der Waals surface area contributed by atoms with Crippen LogP contribution in [0.1, 0.15) is 11.1 Å². The summed E-state index contributed by atoms with van der Waals surface area (Å²) in [5.74, 6) is 1.74. The molecule has 2 aliphatic heterocycles. The van der Waals surface area contributed by atoms with Crippen molar-refractivity contribution >= 4 is 15.8 Å². The summed E-state index contributed by atoms with van der Waals surface area (Å²) in [6.07, 6.45) is 1.48. The fourth-order valence-corrected chi connectivity index (χ4v) is 5.51. The fourth-order valence-electron chi connectivity index (χ4n) is 4.16. The average Bonchev–Trinajstić information content (AvgIpc) is 2.80. The smallest absolute Gasteiger partial charge is 0.244 e. The van der Waals surface area contributed by atoms with Crippen LogP contribution >= 0.6 is 0 Å². The first kappa shape index (κ1) is 23.0. The van der Waals surface area contributed by atoms with E-state index in [1.54, 1.807) is 6.07 Å². The Morgan fingerprint density at radius 3 is 2.28 bits per heavy atom. The van der Waals surface area contributed by atoms with Crippen molar-refractivity contribution in [2.75, 3.05) is 70.5 Å². The monoisotopic (exact) mass is 460 g/mol. The van der Waals surface area contributed by atoms with Crippen molar-refractivity contribution in [1.82, 2.24) is 14.2 Å². The molecule has 0 unspecified atom stereocenters. The van der Waals surface area contributed by atoms with Crippen molar-refractivity contribution in [2.24, 2.45) is 0 Å². The van der Waals surface area contributed by atoms with E-state index in [1.165, 1.54) is 21.6 Å². The number of nitrogens with zero attached hydrogens (tertiary/aromatic N) is 4. The van der Waals surface area contributed by atoms with Gasteiger partial charge in [-0.2, -0.15) is 4.31 Å². The van der Waals surface area contributed by atoms with Crippen molar-refractivity contribution in [3.63, 3.8) is 0 Å². The average molecular weight is 461 g/mol. The van der Waals surface area contributed by atoms with Crippen LogP contribution in [0.2, 0.25) is 0 Å². The van der Waals surface area contributed by atoms with Crippen molar-refractivity contribution in [2.45, 2.75) is 18.7 Å². The van der Waals surface area contributed by atoms with Gasteiger partial charge in [0.25, 0.3) is 0 Å². The SMILES string of the molecule is Cc1cc(C)cc(OCCN2CCN(c3ccc(S(=O)(=O)N4CCOCC4)cn3)CC2)c1. The predicted molar refractivity (Wildman–Crippen MR) is 124 cm³/mol. The van der Waals surface area contributed by atoms with Gasteiger partial charge in [-0.15, -0.1) is 0 Å². The summed E-state index contributed by atoms with van der Waals surface area (Å²) < 4.78 is 38.2. The van der Waals surface area contributed by atoms with Crippen LogP contribution in [-0.4, -0.2) is 88.2 Å². The lowest BCUT2D eigenvalue weighted by molar-refractivity contribution is 0.0730. The third-order valence-corrected chi connectivity index (χ3v) is 7.78. The molecule has 2 aromatic rings. The van der Waals surface area contributed by atoms with E-state index in [2.05, 4.69) is 46.8 Å². The largest absolute Gasteiger partial charge is 0.492 e. The zero-order valence-corrected chi connectivity index (χ0v) is 19.7. The van der Waals surface area contributed by atoms with E-state index in [0.29, 0.717) is 32.9 Å². The van der Waals surface area contributed by atoms with Crippen molar-refractivity contribution in [3.8, 4) is 5.75 Å². The van der Waals surface area contributed by atoms with Gasteiger partial charge in [0, 0.05) is 52.0 Å². The first-order valence-electron chi connectivity index (χ1n) is 11.1. The molecule has 0 saturated carbocycles. The summed E-state index contributed by atoms with van der Waals surface area (Å²) in [4.78, 5) is 9.28. The first-order chi connectivity index (χ1) is 15.4. The van der Waals surface area contributed by atoms with E-state index < -0.39 is 10.0 Å². The Balaban J connectivity index is 1.26. The number of ether oxygens (including phenoxy) is 2. The lowest BCUT2D eigenvalue weighted by Crippen LogP contribution is -2.47. The van der Waals surface area contributed by atoms with Crippen LogP contribution in [0.3, 0.4) is 0 Å². The number of aromatic nitrogens is 1. The lowest BCUT2D eigenvalue weighted by atomic mass is 10.1. The molecule has 2 aliphatic rings. The Labute approximate surface area is 190 Å². The molecule has 0 bridgehead atoms. The first-order valence-corrected chi connectivity index (χ1v) is 12.6. The number of piperazine rings is 1. The van der Waals surface area contributed by atoms with Crippen LogP contribution < -0.4 is 9.64 Å². The maximum Gasteiger partial charge on any atom is 0.244 e. The Kier molecular flexibility index (Phi) is 7.30. The Morgan fingerprint density at radius 1 is 0.969 bits per heavy atom. The molecule has 0 atom stereocenters. The van der Waals surface area contributed by atoms with Crippen LogP contribution in [0.4, 0.5) is 5.82 Å². The number of morpholine rings is 1. The second-order valence-corrected chi connectivity index (χ2v) is 10.3. The molecule has 8 nitrogen and oxygen atoms in total. The quantitative estimate of drug-likeness (QED) is 0.625. The van der Waals surface area contributed by atoms with Gasteiger partial charge in [-0.05, 0) is 49.2 Å². The van der Waals surface area contributed by atoms with Crippen LogP contribution in [0, 0.1) is 13.8 Å². The van der Waals surface area contributed by atoms with Crippen LogP contribution in [0.25, 0.3) is 0 Å². The molecule has 0 aliphatic carbocycles. The van der Waals surface area contributed by atoms with Gasteiger partial charge in [-0.25, -0.2) is 13.4 Å². The van der Waals surface area contributed by atoms with Crippen LogP contribution in [0.15, 0.2) is 41.4 Å². The van der Waals surface area contributed by atoms with E-state index >= 15 is 0 Å². The highest BCUT2D eigenvalue weighted by atomic mass is 32.2. The van der Waals surface area contributed by atoms with Crippen LogP contribution in [-0.2, 0) is 14.8 Å².